The Bertz CT molecular complexity index is 1110. The van der Waals surface area contributed by atoms with Gasteiger partial charge in [0.25, 0.3) is 5.91 Å². The number of hydrazine groups is 2. The van der Waals surface area contributed by atoms with Crippen LogP contribution in [0.2, 0.25) is 0 Å². The van der Waals surface area contributed by atoms with E-state index in [-0.39, 0.29) is 11.8 Å². The number of sulfonamides is 1. The molecule has 31 heavy (non-hydrogen) atoms. The summed E-state index contributed by atoms with van der Waals surface area (Å²) >= 11 is 10.6. The molecule has 1 amide bonds. The Morgan fingerprint density at radius 2 is 1.61 bits per heavy atom. The van der Waals surface area contributed by atoms with E-state index in [4.69, 9.17) is 33.9 Å². The van der Waals surface area contributed by atoms with Crippen LogP contribution in [0.15, 0.2) is 48.5 Å². The molecule has 9 nitrogen and oxygen atoms in total. The number of nitrogens with zero attached hydrogens (tertiary/aromatic N) is 2. The van der Waals surface area contributed by atoms with Gasteiger partial charge in [0.2, 0.25) is 16.8 Å². The van der Waals surface area contributed by atoms with Crippen molar-refractivity contribution in [3.05, 3.63) is 59.7 Å². The van der Waals surface area contributed by atoms with Crippen LogP contribution in [0.1, 0.15) is 11.1 Å². The van der Waals surface area contributed by atoms with Gasteiger partial charge in [0.1, 0.15) is 15.7 Å². The molecule has 1 aliphatic heterocycles. The number of hydrogen-bond donors (Lipinski definition) is 2. The largest absolute Gasteiger partial charge is 0.454 e. The summed E-state index contributed by atoms with van der Waals surface area (Å²) in [5.74, 6) is -0.462. The monoisotopic (exact) mass is 480 g/mol. The van der Waals surface area contributed by atoms with Crippen molar-refractivity contribution in [2.24, 2.45) is 0 Å². The number of carbonyl (C=O) groups excluding carboxylic acids is 1. The predicted molar refractivity (Wildman–Crippen MR) is 123 cm³/mol. The van der Waals surface area contributed by atoms with Gasteiger partial charge in [-0.15, -0.1) is 4.83 Å². The van der Waals surface area contributed by atoms with Crippen molar-refractivity contribution in [3.8, 4) is 11.5 Å². The van der Waals surface area contributed by atoms with Crippen molar-refractivity contribution in [3.63, 3.8) is 0 Å². The Morgan fingerprint density at radius 3 is 2.32 bits per heavy atom. The van der Waals surface area contributed by atoms with Gasteiger partial charge in [0.05, 0.1) is 0 Å². The lowest BCUT2D eigenvalue weighted by atomic mass is 10.2. The Labute approximate surface area is 190 Å². The Hall–Kier alpha value is -2.80. The number of carbonyl (C=O) groups is 1. The first-order valence-corrected chi connectivity index (χ1v) is 11.4. The molecule has 0 bridgehead atoms. The van der Waals surface area contributed by atoms with Gasteiger partial charge in [-0.2, -0.15) is 0 Å². The van der Waals surface area contributed by atoms with E-state index in [1.807, 2.05) is 18.2 Å². The standard InChI is InChI=1S/C19H20N4O5S3/c1-22(18(29)13-6-4-3-5-7-13)20-17(24)11-31(25,26)21-23(2)19(30)14-8-9-15-16(10-14)28-12-27-15/h3-10,21H,11-12H2,1-2H3,(H,20,24). The van der Waals surface area contributed by atoms with Gasteiger partial charge in [-0.3, -0.25) is 20.2 Å². The number of ether oxygens (including phenoxy) is 2. The number of benzene rings is 2. The second kappa shape index (κ2) is 9.56. The van der Waals surface area contributed by atoms with Gasteiger partial charge in [-0.05, 0) is 18.2 Å². The van der Waals surface area contributed by atoms with Crippen LogP contribution in [0.5, 0.6) is 11.5 Å². The van der Waals surface area contributed by atoms with E-state index in [1.165, 1.54) is 19.1 Å². The molecule has 0 fully saturated rings. The van der Waals surface area contributed by atoms with Gasteiger partial charge in [-0.25, -0.2) is 8.42 Å². The quantitative estimate of drug-likeness (QED) is 0.467. The summed E-state index contributed by atoms with van der Waals surface area (Å²) in [7, 11) is -1.05. The van der Waals surface area contributed by atoms with Crippen molar-refractivity contribution in [1.29, 1.82) is 0 Å². The lowest BCUT2D eigenvalue weighted by Crippen LogP contribution is -2.49. The van der Waals surface area contributed by atoms with E-state index in [0.717, 1.165) is 10.6 Å². The third-order valence-electron chi connectivity index (χ3n) is 4.14. The smallest absolute Gasteiger partial charge is 0.255 e. The van der Waals surface area contributed by atoms with Crippen LogP contribution in [-0.4, -0.2) is 61.0 Å². The molecule has 12 heteroatoms. The number of amides is 1. The highest BCUT2D eigenvalue weighted by Crippen LogP contribution is 2.32. The third-order valence-corrected chi connectivity index (χ3v) is 6.35. The van der Waals surface area contributed by atoms with Crippen LogP contribution in [0.3, 0.4) is 0 Å². The SMILES string of the molecule is CN(NC(=O)CS(=O)(=O)NN(C)C(=S)c1ccc2c(c1)OCO2)C(=S)c1ccccc1. The maximum absolute atomic E-state index is 12.4. The third kappa shape index (κ3) is 5.88. The number of fused-ring (bicyclic) bond motifs is 1. The molecule has 0 saturated carbocycles. The highest BCUT2D eigenvalue weighted by Gasteiger charge is 2.22. The molecular formula is C19H20N4O5S3. The van der Waals surface area contributed by atoms with E-state index in [1.54, 1.807) is 30.3 Å². The van der Waals surface area contributed by atoms with Crippen molar-refractivity contribution in [1.82, 2.24) is 20.3 Å². The number of thiocarbonyl (C=S) groups is 2. The molecule has 0 saturated heterocycles. The molecule has 0 aromatic heterocycles. The van der Waals surface area contributed by atoms with Crippen molar-refractivity contribution >= 4 is 50.3 Å². The highest BCUT2D eigenvalue weighted by atomic mass is 32.2. The molecule has 1 aliphatic rings. The second-order valence-corrected chi connectivity index (χ2v) is 9.02. The summed E-state index contributed by atoms with van der Waals surface area (Å²) in [5.41, 5.74) is 3.72. The molecule has 2 aromatic carbocycles. The average Bonchev–Trinajstić information content (AvgIpc) is 3.20. The molecule has 0 unspecified atom stereocenters. The molecule has 0 spiro atoms. The van der Waals surface area contributed by atoms with Gasteiger partial charge in [0, 0.05) is 25.2 Å². The molecule has 3 rings (SSSR count). The van der Waals surface area contributed by atoms with E-state index in [2.05, 4.69) is 10.3 Å². The van der Waals surface area contributed by atoms with Gasteiger partial charge < -0.3 is 9.47 Å². The van der Waals surface area contributed by atoms with Gasteiger partial charge >= 0.3 is 0 Å². The number of nitrogens with one attached hydrogen (secondary N) is 2. The molecule has 0 atom stereocenters. The Balaban J connectivity index is 1.56. The fourth-order valence-corrected chi connectivity index (χ4v) is 4.12. The van der Waals surface area contributed by atoms with Gasteiger partial charge in [-0.1, -0.05) is 54.8 Å². The first-order chi connectivity index (χ1) is 14.7. The zero-order chi connectivity index (χ0) is 22.6. The molecule has 2 N–H and O–H groups in total. The number of rotatable bonds is 6. The average molecular weight is 481 g/mol. The molecule has 2 aromatic rings. The summed E-state index contributed by atoms with van der Waals surface area (Å²) in [6.07, 6.45) is 0. The number of hydrogen-bond acceptors (Lipinski definition) is 7. The molecule has 0 radical (unpaired) electrons. The van der Waals surface area contributed by atoms with Crippen LogP contribution in [-0.2, 0) is 14.8 Å². The summed E-state index contributed by atoms with van der Waals surface area (Å²) in [6, 6.07) is 14.1. The van der Waals surface area contributed by atoms with E-state index >= 15 is 0 Å². The fraction of sp³-hybridized carbons (Fsp3) is 0.211. The lowest BCUT2D eigenvalue weighted by molar-refractivity contribution is -0.121. The van der Waals surface area contributed by atoms with Crippen molar-refractivity contribution in [2.45, 2.75) is 0 Å². The zero-order valence-corrected chi connectivity index (χ0v) is 19.1. The zero-order valence-electron chi connectivity index (χ0n) is 16.7. The normalized spacial score (nSPS) is 12.2. The summed E-state index contributed by atoms with van der Waals surface area (Å²) in [6.45, 7) is 0.116. The molecule has 0 aliphatic carbocycles. The summed E-state index contributed by atoms with van der Waals surface area (Å²) in [4.78, 5) is 15.1. The maximum Gasteiger partial charge on any atom is 0.255 e. The highest BCUT2D eigenvalue weighted by molar-refractivity contribution is 7.90. The second-order valence-electron chi connectivity index (χ2n) is 6.55. The van der Waals surface area contributed by atoms with Crippen LogP contribution in [0.4, 0.5) is 0 Å². The van der Waals surface area contributed by atoms with Crippen molar-refractivity contribution < 1.29 is 22.7 Å². The topological polar surface area (TPSA) is 100 Å². The summed E-state index contributed by atoms with van der Waals surface area (Å²) in [5, 5.41) is 2.44. The van der Waals surface area contributed by atoms with Crippen molar-refractivity contribution in [2.75, 3.05) is 26.6 Å². The van der Waals surface area contributed by atoms with Gasteiger partial charge in [0.15, 0.2) is 11.5 Å². The molecule has 164 valence electrons. The van der Waals surface area contributed by atoms with E-state index < -0.39 is 21.7 Å². The fourth-order valence-electron chi connectivity index (χ4n) is 2.72. The van der Waals surface area contributed by atoms with Crippen LogP contribution < -0.4 is 19.7 Å². The lowest BCUT2D eigenvalue weighted by Gasteiger charge is -2.23. The first-order valence-electron chi connectivity index (χ1n) is 8.97. The molecule has 1 heterocycles. The summed E-state index contributed by atoms with van der Waals surface area (Å²) < 4.78 is 35.4. The first kappa shape index (κ1) is 22.9. The van der Waals surface area contributed by atoms with Crippen LogP contribution in [0, 0.1) is 0 Å². The van der Waals surface area contributed by atoms with Crippen LogP contribution >= 0.6 is 24.4 Å². The van der Waals surface area contributed by atoms with E-state index in [9.17, 15) is 13.2 Å². The molecular weight excluding hydrogens is 460 g/mol. The minimum Gasteiger partial charge on any atom is -0.454 e. The Morgan fingerprint density at radius 1 is 0.968 bits per heavy atom. The predicted octanol–water partition coefficient (Wildman–Crippen LogP) is 1.20. The Kier molecular flexibility index (Phi) is 7.05. The minimum atomic E-state index is -4.03. The minimum absolute atomic E-state index is 0.116. The maximum atomic E-state index is 12.4. The van der Waals surface area contributed by atoms with E-state index in [0.29, 0.717) is 22.1 Å². The van der Waals surface area contributed by atoms with Crippen LogP contribution in [0.25, 0.3) is 0 Å².